The topological polar surface area (TPSA) is 100 Å². The fraction of sp³-hybridized carbons (Fsp3) is 0.636. The minimum absolute atomic E-state index is 0. The van der Waals surface area contributed by atoms with Gasteiger partial charge in [-0.1, -0.05) is 29.7 Å². The molecule has 1 saturated carbocycles. The first kappa shape index (κ1) is 30.1. The van der Waals surface area contributed by atoms with Crippen LogP contribution in [0.15, 0.2) is 35.4 Å². The summed E-state index contributed by atoms with van der Waals surface area (Å²) in [6.07, 6.45) is 2.46. The van der Waals surface area contributed by atoms with Gasteiger partial charge in [0.15, 0.2) is 5.60 Å². The van der Waals surface area contributed by atoms with E-state index in [4.69, 9.17) is 14.5 Å². The SMILES string of the molecule is O=P([O-])([O-])Oc1cccc(C2(OCC(F)(F)F)OOC23C2CCCC3C3=C(CCCC3)C2)c1.[Na+].[Na+]. The molecule has 1 saturated heterocycles. The second-order valence-electron chi connectivity index (χ2n) is 9.27. The van der Waals surface area contributed by atoms with Crippen molar-refractivity contribution in [2.75, 3.05) is 6.61 Å². The predicted octanol–water partition coefficient (Wildman–Crippen LogP) is -1.97. The maximum absolute atomic E-state index is 13.3. The molecule has 1 spiro atoms. The quantitative estimate of drug-likeness (QED) is 0.187. The average Bonchev–Trinajstić information content (AvgIpc) is 2.71. The summed E-state index contributed by atoms with van der Waals surface area (Å²) in [5.41, 5.74) is 1.55. The second kappa shape index (κ2) is 11.0. The van der Waals surface area contributed by atoms with Crippen LogP contribution in [0.4, 0.5) is 13.2 Å². The third kappa shape index (κ3) is 5.52. The van der Waals surface area contributed by atoms with Crippen LogP contribution in [0.25, 0.3) is 0 Å². The van der Waals surface area contributed by atoms with Crippen LogP contribution in [0, 0.1) is 11.8 Å². The maximum Gasteiger partial charge on any atom is 1.00 e. The molecule has 3 aliphatic carbocycles. The third-order valence-electron chi connectivity index (χ3n) is 7.39. The molecular formula is C22H24F3Na2O7P. The summed E-state index contributed by atoms with van der Waals surface area (Å²) in [4.78, 5) is 33.5. The molecule has 35 heavy (non-hydrogen) atoms. The van der Waals surface area contributed by atoms with Gasteiger partial charge >= 0.3 is 65.3 Å². The first-order valence-corrected chi connectivity index (χ1v) is 12.6. The van der Waals surface area contributed by atoms with Crippen molar-refractivity contribution in [2.45, 2.75) is 68.9 Å². The Morgan fingerprint density at radius 1 is 1.09 bits per heavy atom. The number of phosphoric ester groups is 1. The number of halogens is 3. The van der Waals surface area contributed by atoms with Crippen molar-refractivity contribution in [3.05, 3.63) is 41.0 Å². The van der Waals surface area contributed by atoms with Crippen molar-refractivity contribution in [1.82, 2.24) is 0 Å². The molecule has 1 aromatic carbocycles. The first-order chi connectivity index (χ1) is 15.5. The second-order valence-corrected chi connectivity index (χ2v) is 10.3. The molecule has 5 rings (SSSR count). The van der Waals surface area contributed by atoms with E-state index in [1.54, 1.807) is 0 Å². The van der Waals surface area contributed by atoms with E-state index in [0.717, 1.165) is 44.9 Å². The Bertz CT molecular complexity index is 1020. The van der Waals surface area contributed by atoms with Crippen LogP contribution in [-0.2, 0) is 24.9 Å². The van der Waals surface area contributed by atoms with Gasteiger partial charge in [0.25, 0.3) is 5.79 Å². The van der Waals surface area contributed by atoms with Crippen molar-refractivity contribution < 1.29 is 106 Å². The Balaban J connectivity index is 0.00000171. The van der Waals surface area contributed by atoms with Crippen LogP contribution in [-0.4, -0.2) is 18.4 Å². The van der Waals surface area contributed by atoms with Gasteiger partial charge in [-0.25, -0.2) is 4.89 Å². The molecule has 2 fully saturated rings. The van der Waals surface area contributed by atoms with Gasteiger partial charge in [0.1, 0.15) is 20.2 Å². The number of ether oxygens (including phenoxy) is 1. The summed E-state index contributed by atoms with van der Waals surface area (Å²) < 4.78 is 61.0. The third-order valence-corrected chi connectivity index (χ3v) is 7.83. The molecule has 7 nitrogen and oxygen atoms in total. The summed E-state index contributed by atoms with van der Waals surface area (Å²) in [5.74, 6) is -2.52. The number of allylic oxidation sites excluding steroid dienone is 1. The summed E-state index contributed by atoms with van der Waals surface area (Å²) in [6.45, 7) is -1.57. The monoisotopic (exact) mass is 534 g/mol. The van der Waals surface area contributed by atoms with Crippen LogP contribution in [0.3, 0.4) is 0 Å². The Kier molecular flexibility index (Phi) is 9.45. The molecule has 0 radical (unpaired) electrons. The van der Waals surface area contributed by atoms with E-state index < -0.39 is 32.0 Å². The molecular weight excluding hydrogens is 510 g/mol. The van der Waals surface area contributed by atoms with Gasteiger partial charge in [0.05, 0.1) is 0 Å². The van der Waals surface area contributed by atoms with Gasteiger partial charge in [-0.05, 0) is 57.1 Å². The van der Waals surface area contributed by atoms with Crippen LogP contribution < -0.4 is 73.4 Å². The van der Waals surface area contributed by atoms with E-state index in [2.05, 4.69) is 4.52 Å². The number of fused-ring (bicyclic) bond motifs is 1. The normalized spacial score (nSPS) is 32.1. The minimum atomic E-state index is -5.37. The van der Waals surface area contributed by atoms with Gasteiger partial charge in [-0.3, -0.25) is 0 Å². The largest absolute Gasteiger partial charge is 1.00 e. The maximum atomic E-state index is 13.3. The Morgan fingerprint density at radius 2 is 1.83 bits per heavy atom. The van der Waals surface area contributed by atoms with Gasteiger partial charge in [-0.2, -0.15) is 18.1 Å². The number of phosphoric acid groups is 1. The van der Waals surface area contributed by atoms with Crippen molar-refractivity contribution in [3.63, 3.8) is 0 Å². The molecule has 0 amide bonds. The summed E-state index contributed by atoms with van der Waals surface area (Å²) >= 11 is 0. The van der Waals surface area contributed by atoms with E-state index in [1.165, 1.54) is 35.4 Å². The molecule has 0 aromatic heterocycles. The molecule has 4 unspecified atom stereocenters. The smallest absolute Gasteiger partial charge is 0.780 e. The molecule has 1 heterocycles. The minimum Gasteiger partial charge on any atom is -0.780 e. The Morgan fingerprint density at radius 3 is 2.49 bits per heavy atom. The number of benzene rings is 1. The molecule has 1 aromatic rings. The zero-order chi connectivity index (χ0) is 23.5. The van der Waals surface area contributed by atoms with Gasteiger partial charge in [0.2, 0.25) is 0 Å². The molecule has 1 aliphatic heterocycles. The van der Waals surface area contributed by atoms with E-state index in [-0.39, 0.29) is 82.3 Å². The standard InChI is InChI=1S/C22H26F3O7P.2Na/c23-20(24,25)13-29-22(16-7-3-8-17(12-16)30-33(26,27)28)21(31-32-22)15-6-4-10-19(21)18-9-2-1-5-14(18)11-15;;/h3,7-8,12,15,19H,1-2,4-6,9-11,13H2,(H2,26,27,28);;/q;2*+1/p-2. The molecule has 4 aliphatic rings. The van der Waals surface area contributed by atoms with Crippen molar-refractivity contribution in [1.29, 1.82) is 0 Å². The fourth-order valence-electron chi connectivity index (χ4n) is 6.31. The van der Waals surface area contributed by atoms with Crippen LogP contribution in [0.1, 0.15) is 56.9 Å². The van der Waals surface area contributed by atoms with Gasteiger partial charge in [-0.15, -0.1) is 0 Å². The van der Waals surface area contributed by atoms with E-state index in [1.807, 2.05) is 0 Å². The van der Waals surface area contributed by atoms with Crippen molar-refractivity contribution >= 4 is 7.82 Å². The number of hydrogen-bond donors (Lipinski definition) is 0. The summed E-state index contributed by atoms with van der Waals surface area (Å²) in [5, 5.41) is 0. The van der Waals surface area contributed by atoms with E-state index in [9.17, 15) is 27.5 Å². The molecule has 13 heteroatoms. The van der Waals surface area contributed by atoms with Gasteiger partial charge < -0.3 is 23.6 Å². The van der Waals surface area contributed by atoms with E-state index in [0.29, 0.717) is 6.42 Å². The fourth-order valence-corrected chi connectivity index (χ4v) is 6.68. The Labute approximate surface area is 245 Å². The van der Waals surface area contributed by atoms with Crippen LogP contribution in [0.5, 0.6) is 5.75 Å². The predicted molar refractivity (Wildman–Crippen MR) is 104 cm³/mol. The zero-order valence-corrected chi connectivity index (χ0v) is 24.7. The zero-order valence-electron chi connectivity index (χ0n) is 19.8. The van der Waals surface area contributed by atoms with Crippen LogP contribution >= 0.6 is 7.82 Å². The Hall–Kier alpha value is 0.580. The molecule has 4 atom stereocenters. The van der Waals surface area contributed by atoms with Crippen molar-refractivity contribution in [2.24, 2.45) is 11.8 Å². The number of rotatable bonds is 5. The molecule has 182 valence electrons. The molecule has 2 bridgehead atoms. The van der Waals surface area contributed by atoms with E-state index >= 15 is 0 Å². The first-order valence-electron chi connectivity index (χ1n) is 11.1. The molecule has 0 N–H and O–H groups in total. The number of hydrogen-bond acceptors (Lipinski definition) is 7. The van der Waals surface area contributed by atoms with Gasteiger partial charge in [0, 0.05) is 17.4 Å². The summed E-state index contributed by atoms with van der Waals surface area (Å²) in [7, 11) is -5.37. The number of alkyl halides is 3. The summed E-state index contributed by atoms with van der Waals surface area (Å²) in [6, 6.07) is 5.29. The average molecular weight is 534 g/mol. The van der Waals surface area contributed by atoms with Crippen LogP contribution in [0.2, 0.25) is 0 Å². The van der Waals surface area contributed by atoms with Crippen molar-refractivity contribution in [3.8, 4) is 5.75 Å².